The Hall–Kier alpha value is -1.62. The quantitative estimate of drug-likeness (QED) is 0.758. The van der Waals surface area contributed by atoms with Gasteiger partial charge in [0.1, 0.15) is 6.10 Å². The van der Waals surface area contributed by atoms with Crippen molar-refractivity contribution in [1.29, 1.82) is 0 Å². The maximum Gasteiger partial charge on any atom is 0.414 e. The van der Waals surface area contributed by atoms with Crippen LogP contribution in [0.4, 0.5) is 10.5 Å². The van der Waals surface area contributed by atoms with E-state index in [1.807, 2.05) is 0 Å². The Kier molecular flexibility index (Phi) is 2.48. The van der Waals surface area contributed by atoms with Gasteiger partial charge in [-0.25, -0.2) is 4.79 Å². The van der Waals surface area contributed by atoms with Crippen molar-refractivity contribution in [2.75, 3.05) is 24.1 Å². The summed E-state index contributed by atoms with van der Waals surface area (Å²) >= 11 is 5.67. The summed E-state index contributed by atoms with van der Waals surface area (Å²) < 4.78 is 15.5. The Morgan fingerprint density at radius 3 is 2.94 bits per heavy atom. The van der Waals surface area contributed by atoms with Gasteiger partial charge in [0, 0.05) is 6.07 Å². The van der Waals surface area contributed by atoms with Crippen LogP contribution in [-0.2, 0) is 4.74 Å². The van der Waals surface area contributed by atoms with Gasteiger partial charge in [-0.3, -0.25) is 4.90 Å². The van der Waals surface area contributed by atoms with E-state index >= 15 is 0 Å². The molecule has 0 unspecified atom stereocenters. The van der Waals surface area contributed by atoms with Gasteiger partial charge in [0.2, 0.25) is 6.79 Å². The molecule has 6 heteroatoms. The van der Waals surface area contributed by atoms with E-state index in [2.05, 4.69) is 0 Å². The number of nitrogens with zero attached hydrogens (tertiary/aromatic N) is 1. The topological polar surface area (TPSA) is 48.0 Å². The van der Waals surface area contributed by atoms with Gasteiger partial charge in [-0.15, -0.1) is 11.6 Å². The molecule has 0 saturated carbocycles. The first-order valence-corrected chi connectivity index (χ1v) is 5.75. The predicted octanol–water partition coefficient (Wildman–Crippen LogP) is 1.98. The van der Waals surface area contributed by atoms with Crippen molar-refractivity contribution >= 4 is 23.4 Å². The van der Waals surface area contributed by atoms with Crippen molar-refractivity contribution in [3.8, 4) is 11.5 Å². The lowest BCUT2D eigenvalue weighted by Crippen LogP contribution is -2.24. The van der Waals surface area contributed by atoms with Gasteiger partial charge in [0.15, 0.2) is 11.5 Å². The van der Waals surface area contributed by atoms with Crippen LogP contribution in [0.25, 0.3) is 0 Å². The van der Waals surface area contributed by atoms with Gasteiger partial charge in [-0.05, 0) is 12.1 Å². The summed E-state index contributed by atoms with van der Waals surface area (Å²) in [7, 11) is 0. The molecule has 0 aliphatic carbocycles. The van der Waals surface area contributed by atoms with Crippen LogP contribution in [0.1, 0.15) is 0 Å². The lowest BCUT2D eigenvalue weighted by atomic mass is 10.2. The molecule has 1 fully saturated rings. The minimum Gasteiger partial charge on any atom is -0.454 e. The molecule has 5 nitrogen and oxygen atoms in total. The first-order valence-electron chi connectivity index (χ1n) is 5.21. The van der Waals surface area contributed by atoms with Crippen molar-refractivity contribution < 1.29 is 19.0 Å². The zero-order chi connectivity index (χ0) is 11.8. The van der Waals surface area contributed by atoms with E-state index < -0.39 is 0 Å². The van der Waals surface area contributed by atoms with E-state index in [1.54, 1.807) is 18.2 Å². The van der Waals surface area contributed by atoms with Crippen molar-refractivity contribution in [1.82, 2.24) is 0 Å². The summed E-state index contributed by atoms with van der Waals surface area (Å²) in [5.41, 5.74) is 0.729. The van der Waals surface area contributed by atoms with E-state index in [0.29, 0.717) is 23.9 Å². The molecule has 17 heavy (non-hydrogen) atoms. The molecule has 0 spiro atoms. The Balaban J connectivity index is 1.87. The smallest absolute Gasteiger partial charge is 0.414 e. The fraction of sp³-hybridized carbons (Fsp3) is 0.364. The molecule has 0 bridgehead atoms. The first kappa shape index (κ1) is 10.5. The van der Waals surface area contributed by atoms with E-state index in [9.17, 15) is 4.79 Å². The summed E-state index contributed by atoms with van der Waals surface area (Å²) in [4.78, 5) is 13.2. The Labute approximate surface area is 103 Å². The van der Waals surface area contributed by atoms with Crippen LogP contribution in [0.5, 0.6) is 11.5 Å². The van der Waals surface area contributed by atoms with Crippen molar-refractivity contribution in [2.45, 2.75) is 6.10 Å². The second-order valence-corrected chi connectivity index (χ2v) is 4.12. The number of hydrogen-bond acceptors (Lipinski definition) is 4. The summed E-state index contributed by atoms with van der Waals surface area (Å²) in [5.74, 6) is 1.63. The van der Waals surface area contributed by atoms with E-state index in [4.69, 9.17) is 25.8 Å². The molecule has 2 aliphatic heterocycles. The first-order chi connectivity index (χ1) is 8.28. The van der Waals surface area contributed by atoms with Crippen molar-refractivity contribution in [3.05, 3.63) is 18.2 Å². The van der Waals surface area contributed by atoms with Gasteiger partial charge in [0.25, 0.3) is 0 Å². The molecule has 1 atom stereocenters. The molecule has 2 heterocycles. The van der Waals surface area contributed by atoms with Crippen LogP contribution >= 0.6 is 11.6 Å². The van der Waals surface area contributed by atoms with Crippen LogP contribution in [0.3, 0.4) is 0 Å². The van der Waals surface area contributed by atoms with E-state index in [0.717, 1.165) is 5.69 Å². The normalized spacial score (nSPS) is 21.8. The third-order valence-electron chi connectivity index (χ3n) is 2.71. The average Bonchev–Trinajstić information content (AvgIpc) is 2.93. The van der Waals surface area contributed by atoms with Crippen LogP contribution in [0.2, 0.25) is 0 Å². The summed E-state index contributed by atoms with van der Waals surface area (Å²) in [6, 6.07) is 5.34. The van der Waals surface area contributed by atoms with Gasteiger partial charge in [-0.2, -0.15) is 0 Å². The molecule has 1 saturated heterocycles. The number of benzene rings is 1. The van der Waals surface area contributed by atoms with Crippen LogP contribution < -0.4 is 14.4 Å². The molecular weight excluding hydrogens is 246 g/mol. The van der Waals surface area contributed by atoms with Gasteiger partial charge >= 0.3 is 6.09 Å². The molecule has 1 aromatic rings. The number of carbonyl (C=O) groups is 1. The molecule has 3 rings (SSSR count). The number of ether oxygens (including phenoxy) is 3. The fourth-order valence-electron chi connectivity index (χ4n) is 1.87. The maximum absolute atomic E-state index is 11.6. The number of alkyl halides is 1. The van der Waals surface area contributed by atoms with Crippen LogP contribution in [0.15, 0.2) is 18.2 Å². The number of cyclic esters (lactones) is 1. The SMILES string of the molecule is O=C1O[C@H](CCl)CN1c1ccc2c(c1)OCO2. The van der Waals surface area contributed by atoms with Crippen LogP contribution in [-0.4, -0.2) is 31.4 Å². The molecule has 2 aliphatic rings. The second kappa shape index (κ2) is 4.00. The Bertz CT molecular complexity index is 465. The predicted molar refractivity (Wildman–Crippen MR) is 60.9 cm³/mol. The second-order valence-electron chi connectivity index (χ2n) is 3.81. The highest BCUT2D eigenvalue weighted by molar-refractivity contribution is 6.18. The van der Waals surface area contributed by atoms with Crippen molar-refractivity contribution in [3.63, 3.8) is 0 Å². The highest BCUT2D eigenvalue weighted by Crippen LogP contribution is 2.36. The van der Waals surface area contributed by atoms with Gasteiger partial charge < -0.3 is 14.2 Å². The highest BCUT2D eigenvalue weighted by atomic mass is 35.5. The molecule has 1 aromatic carbocycles. The number of amides is 1. The number of halogens is 1. The molecule has 0 aromatic heterocycles. The van der Waals surface area contributed by atoms with Crippen molar-refractivity contribution in [2.24, 2.45) is 0 Å². The van der Waals surface area contributed by atoms with Crippen LogP contribution in [0, 0.1) is 0 Å². The largest absolute Gasteiger partial charge is 0.454 e. The zero-order valence-electron chi connectivity index (χ0n) is 8.89. The summed E-state index contributed by atoms with van der Waals surface area (Å²) in [5, 5.41) is 0. The lowest BCUT2D eigenvalue weighted by Gasteiger charge is -2.12. The minimum atomic E-state index is -0.380. The van der Waals surface area contributed by atoms with E-state index in [-0.39, 0.29) is 19.0 Å². The zero-order valence-corrected chi connectivity index (χ0v) is 9.64. The molecule has 90 valence electrons. The average molecular weight is 256 g/mol. The monoisotopic (exact) mass is 255 g/mol. The number of hydrogen-bond donors (Lipinski definition) is 0. The number of anilines is 1. The summed E-state index contributed by atoms with van der Waals surface area (Å²) in [6.45, 7) is 0.676. The molecule has 0 radical (unpaired) electrons. The van der Waals surface area contributed by atoms with Gasteiger partial charge in [0.05, 0.1) is 18.1 Å². The molecule has 0 N–H and O–H groups in total. The lowest BCUT2D eigenvalue weighted by molar-refractivity contribution is 0.151. The number of carbonyl (C=O) groups excluding carboxylic acids is 1. The maximum atomic E-state index is 11.6. The highest BCUT2D eigenvalue weighted by Gasteiger charge is 2.32. The minimum absolute atomic E-state index is 0.216. The Morgan fingerprint density at radius 1 is 1.35 bits per heavy atom. The third kappa shape index (κ3) is 1.76. The summed E-state index contributed by atoms with van der Waals surface area (Å²) in [6.07, 6.45) is -0.635. The fourth-order valence-corrected chi connectivity index (χ4v) is 2.03. The standard InChI is InChI=1S/C11H10ClNO4/c12-4-8-5-13(11(14)17-8)7-1-2-9-10(3-7)16-6-15-9/h1-3,8H,4-6H2/t8-/m1/s1. The van der Waals surface area contributed by atoms with E-state index in [1.165, 1.54) is 4.90 Å². The number of fused-ring (bicyclic) bond motifs is 1. The van der Waals surface area contributed by atoms with Gasteiger partial charge in [-0.1, -0.05) is 0 Å². The molecular formula is C11H10ClNO4. The Morgan fingerprint density at radius 2 is 2.18 bits per heavy atom. The third-order valence-corrected chi connectivity index (χ3v) is 3.06. The number of rotatable bonds is 2. The molecule has 1 amide bonds.